The van der Waals surface area contributed by atoms with Crippen LogP contribution in [0.25, 0.3) is 0 Å². The molecule has 0 saturated heterocycles. The van der Waals surface area contributed by atoms with Gasteiger partial charge in [-0.05, 0) is 26.8 Å². The van der Waals surface area contributed by atoms with Crippen molar-refractivity contribution in [2.75, 3.05) is 5.32 Å². The minimum absolute atomic E-state index is 0.0677. The average molecular weight is 374 g/mol. The maximum Gasteiger partial charge on any atom is 0.241 e. The van der Waals surface area contributed by atoms with Crippen molar-refractivity contribution in [3.63, 3.8) is 0 Å². The summed E-state index contributed by atoms with van der Waals surface area (Å²) in [6, 6.07) is 10.3. The van der Waals surface area contributed by atoms with E-state index in [1.807, 2.05) is 26.8 Å². The fourth-order valence-corrected chi connectivity index (χ4v) is 2.46. The number of ketones is 1. The van der Waals surface area contributed by atoms with E-state index in [4.69, 9.17) is 11.6 Å². The van der Waals surface area contributed by atoms with Gasteiger partial charge in [-0.1, -0.05) is 41.9 Å². The number of benzene rings is 1. The molecule has 0 bridgehead atoms. The molecule has 3 rings (SSSR count). The van der Waals surface area contributed by atoms with Gasteiger partial charge in [0.15, 0.2) is 5.78 Å². The minimum Gasteiger partial charge on any atom is -0.354 e. The van der Waals surface area contributed by atoms with E-state index in [0.29, 0.717) is 28.4 Å². The zero-order chi connectivity index (χ0) is 19.3. The largest absolute Gasteiger partial charge is 0.354 e. The zero-order valence-corrected chi connectivity index (χ0v) is 15.5. The third-order valence-corrected chi connectivity index (χ3v) is 3.70. The van der Waals surface area contributed by atoms with E-state index in [2.05, 4.69) is 15.6 Å². The van der Waals surface area contributed by atoms with E-state index in [1.165, 1.54) is 6.20 Å². The molecule has 6 nitrogen and oxygen atoms in total. The third kappa shape index (κ3) is 4.89. The van der Waals surface area contributed by atoms with Crippen molar-refractivity contribution in [2.24, 2.45) is 0 Å². The smallest absolute Gasteiger partial charge is 0.241 e. The number of nitrogens with one attached hydrogen (secondary N) is 2. The van der Waals surface area contributed by atoms with Gasteiger partial charge in [-0.15, -0.1) is 0 Å². The van der Waals surface area contributed by atoms with Crippen molar-refractivity contribution < 1.29 is 14.4 Å². The second-order valence-corrected chi connectivity index (χ2v) is 7.19. The van der Waals surface area contributed by atoms with Crippen LogP contribution in [0, 0.1) is 0 Å². The normalized spacial score (nSPS) is 15.2. The highest BCUT2D eigenvalue weighted by molar-refractivity contribution is 6.31. The van der Waals surface area contributed by atoms with Gasteiger partial charge >= 0.3 is 0 Å². The monoisotopic (exact) mass is 373 g/mol. The Morgan fingerprint density at radius 1 is 1.27 bits per heavy atom. The van der Waals surface area contributed by atoms with Crippen LogP contribution in [0.2, 0.25) is 5.02 Å². The Morgan fingerprint density at radius 2 is 1.92 bits per heavy atom. The molecule has 26 heavy (non-hydrogen) atoms. The zero-order valence-electron chi connectivity index (χ0n) is 14.7. The van der Waals surface area contributed by atoms with Gasteiger partial charge in [0.1, 0.15) is 5.92 Å². The molecule has 1 aromatic carbocycles. The average Bonchev–Trinajstić information content (AvgIpc) is 2.89. The number of hydrogen-bond acceptors (Lipinski definition) is 4. The molecule has 1 aromatic heterocycles. The molecule has 2 N–H and O–H groups in total. The highest BCUT2D eigenvalue weighted by atomic mass is 35.5. The Morgan fingerprint density at radius 3 is 2.46 bits per heavy atom. The second kappa shape index (κ2) is 8.10. The lowest BCUT2D eigenvalue weighted by molar-refractivity contribution is -0.116. The van der Waals surface area contributed by atoms with Crippen molar-refractivity contribution in [3.8, 4) is 0 Å². The molecule has 1 aliphatic rings. The Balaban J connectivity index is 0.000000298. The molecule has 0 radical (unpaired) electrons. The van der Waals surface area contributed by atoms with Gasteiger partial charge in [-0.25, -0.2) is 0 Å². The lowest BCUT2D eigenvalue weighted by atomic mass is 9.95. The third-order valence-electron chi connectivity index (χ3n) is 3.49. The van der Waals surface area contributed by atoms with Gasteiger partial charge < -0.3 is 10.6 Å². The van der Waals surface area contributed by atoms with Gasteiger partial charge in [-0.2, -0.15) is 0 Å². The molecule has 2 aromatic rings. The first-order valence-electron chi connectivity index (χ1n) is 8.00. The second-order valence-electron chi connectivity index (χ2n) is 6.75. The summed E-state index contributed by atoms with van der Waals surface area (Å²) in [5, 5.41) is 5.66. The van der Waals surface area contributed by atoms with E-state index < -0.39 is 5.92 Å². The molecular weight excluding hydrogens is 354 g/mol. The molecule has 0 fully saturated rings. The van der Waals surface area contributed by atoms with Crippen molar-refractivity contribution in [2.45, 2.75) is 32.2 Å². The number of halogens is 1. The molecule has 1 atom stereocenters. The van der Waals surface area contributed by atoms with E-state index in [-0.39, 0.29) is 17.2 Å². The summed E-state index contributed by atoms with van der Waals surface area (Å²) in [4.78, 5) is 38.1. The van der Waals surface area contributed by atoms with Gasteiger partial charge in [-0.3, -0.25) is 19.4 Å². The highest BCUT2D eigenvalue weighted by Gasteiger charge is 2.38. The van der Waals surface area contributed by atoms with E-state index in [0.717, 1.165) is 0 Å². The Hall–Kier alpha value is -2.73. The molecule has 0 saturated carbocycles. The van der Waals surface area contributed by atoms with Gasteiger partial charge in [0.2, 0.25) is 12.3 Å². The number of Topliss-reactive ketones (excluding diaryl/α,β-unsaturated/α-hetero) is 1. The van der Waals surface area contributed by atoms with Crippen LogP contribution in [-0.2, 0) is 9.59 Å². The number of carbonyl (C=O) groups excluding carboxylic acids is 3. The number of pyridine rings is 1. The Kier molecular flexibility index (Phi) is 6.10. The SMILES string of the molecule is CC(C)(C)NC=O.O=C1Nc2cc(Cl)cnc2C1C(=O)c1ccccc1. The van der Waals surface area contributed by atoms with E-state index >= 15 is 0 Å². The Labute approximate surface area is 157 Å². The number of carbonyl (C=O) groups is 3. The maximum absolute atomic E-state index is 12.4. The molecule has 7 heteroatoms. The predicted octanol–water partition coefficient (Wildman–Crippen LogP) is 3.18. The van der Waals surface area contributed by atoms with Crippen molar-refractivity contribution in [1.82, 2.24) is 10.3 Å². The van der Waals surface area contributed by atoms with Crippen LogP contribution in [-0.4, -0.2) is 28.6 Å². The number of nitrogens with zero attached hydrogens (tertiary/aromatic N) is 1. The number of amides is 2. The number of hydrogen-bond donors (Lipinski definition) is 2. The number of rotatable bonds is 3. The summed E-state index contributed by atoms with van der Waals surface area (Å²) in [6.07, 6.45) is 2.14. The molecule has 0 spiro atoms. The highest BCUT2D eigenvalue weighted by Crippen LogP contribution is 2.34. The summed E-state index contributed by atoms with van der Waals surface area (Å²) in [5.41, 5.74) is 1.36. The van der Waals surface area contributed by atoms with Gasteiger partial charge in [0.25, 0.3) is 0 Å². The number of aromatic nitrogens is 1. The molecule has 1 aliphatic heterocycles. The van der Waals surface area contributed by atoms with Crippen LogP contribution in [0.3, 0.4) is 0 Å². The molecular formula is C19H20ClN3O3. The predicted molar refractivity (Wildman–Crippen MR) is 100 cm³/mol. The van der Waals surface area contributed by atoms with Gasteiger partial charge in [0.05, 0.1) is 16.4 Å². The summed E-state index contributed by atoms with van der Waals surface area (Å²) in [7, 11) is 0. The first kappa shape index (κ1) is 19.6. The summed E-state index contributed by atoms with van der Waals surface area (Å²) in [6.45, 7) is 5.80. The minimum atomic E-state index is -0.894. The van der Waals surface area contributed by atoms with Gasteiger partial charge in [0, 0.05) is 17.3 Å². The van der Waals surface area contributed by atoms with Crippen molar-refractivity contribution in [1.29, 1.82) is 0 Å². The molecule has 1 unspecified atom stereocenters. The quantitative estimate of drug-likeness (QED) is 0.491. The molecule has 0 aliphatic carbocycles. The van der Waals surface area contributed by atoms with Crippen LogP contribution in [0.4, 0.5) is 5.69 Å². The molecule has 136 valence electrons. The lowest BCUT2D eigenvalue weighted by Gasteiger charge is -2.15. The number of anilines is 1. The van der Waals surface area contributed by atoms with Crippen molar-refractivity contribution in [3.05, 3.63) is 58.9 Å². The fourth-order valence-electron chi connectivity index (χ4n) is 2.30. The van der Waals surface area contributed by atoms with E-state index in [1.54, 1.807) is 30.3 Å². The fraction of sp³-hybridized carbons (Fsp3) is 0.263. The van der Waals surface area contributed by atoms with Crippen LogP contribution in [0.5, 0.6) is 0 Å². The topological polar surface area (TPSA) is 88.2 Å². The summed E-state index contributed by atoms with van der Waals surface area (Å²) >= 11 is 5.82. The summed E-state index contributed by atoms with van der Waals surface area (Å²) in [5.74, 6) is -1.51. The molecule has 2 amide bonds. The standard InChI is InChI=1S/C14H9ClN2O2.C5H11NO/c15-9-6-10-12(16-7-9)11(14(19)17-10)13(18)8-4-2-1-3-5-8;1-5(2,3)6-4-7/h1-7,11H,(H,17,19);4H,1-3H3,(H,6,7). The lowest BCUT2D eigenvalue weighted by Crippen LogP contribution is -2.34. The van der Waals surface area contributed by atoms with Crippen LogP contribution < -0.4 is 10.6 Å². The number of fused-ring (bicyclic) bond motifs is 1. The van der Waals surface area contributed by atoms with E-state index in [9.17, 15) is 14.4 Å². The van der Waals surface area contributed by atoms with Crippen LogP contribution in [0.15, 0.2) is 42.6 Å². The van der Waals surface area contributed by atoms with Crippen LogP contribution >= 0.6 is 11.6 Å². The molecule has 2 heterocycles. The van der Waals surface area contributed by atoms with Crippen LogP contribution in [0.1, 0.15) is 42.7 Å². The first-order chi connectivity index (χ1) is 12.2. The van der Waals surface area contributed by atoms with Crippen molar-refractivity contribution >= 4 is 35.4 Å². The maximum atomic E-state index is 12.4. The summed E-state index contributed by atoms with van der Waals surface area (Å²) < 4.78 is 0. The Bertz CT molecular complexity index is 817. The first-order valence-corrected chi connectivity index (χ1v) is 8.37.